The fourth-order valence-electron chi connectivity index (χ4n) is 4.37. The van der Waals surface area contributed by atoms with Gasteiger partial charge in [0.25, 0.3) is 0 Å². The smallest absolute Gasteiger partial charge is 0.206 e. The van der Waals surface area contributed by atoms with Gasteiger partial charge in [-0.25, -0.2) is 0 Å². The number of hydrogen-bond acceptors (Lipinski definition) is 2. The molecule has 0 unspecified atom stereocenters. The van der Waals surface area contributed by atoms with Crippen LogP contribution in [0.3, 0.4) is 0 Å². The lowest BCUT2D eigenvalue weighted by molar-refractivity contribution is 0.104. The van der Waals surface area contributed by atoms with Crippen molar-refractivity contribution in [2.45, 2.75) is 0 Å². The topological polar surface area (TPSA) is 45.8 Å². The van der Waals surface area contributed by atoms with Crippen LogP contribution in [0.2, 0.25) is 0 Å². The van der Waals surface area contributed by atoms with Gasteiger partial charge in [-0.3, -0.25) is 4.79 Å². The second-order valence-electron chi connectivity index (χ2n) is 7.73. The van der Waals surface area contributed by atoms with Crippen LogP contribution in [0.25, 0.3) is 39.0 Å². The summed E-state index contributed by atoms with van der Waals surface area (Å²) in [4.78, 5) is 13.8. The summed E-state index contributed by atoms with van der Waals surface area (Å²) in [7, 11) is 1.96. The first-order chi connectivity index (χ1) is 15.7. The summed E-state index contributed by atoms with van der Waals surface area (Å²) in [6, 6.07) is 33.7. The highest BCUT2D eigenvalue weighted by Crippen LogP contribution is 2.35. The van der Waals surface area contributed by atoms with Crippen molar-refractivity contribution in [2.75, 3.05) is 0 Å². The van der Waals surface area contributed by atoms with Gasteiger partial charge in [0.05, 0.1) is 11.3 Å². The Morgan fingerprint density at radius 3 is 2.25 bits per heavy atom. The molecule has 4 aromatic carbocycles. The monoisotopic (exact) mass is 412 g/mol. The summed E-state index contributed by atoms with van der Waals surface area (Å²) < 4.78 is 2.03. The molecular weight excluding hydrogens is 392 g/mol. The summed E-state index contributed by atoms with van der Waals surface area (Å²) in [6.07, 6.45) is 1.71. The maximum atomic E-state index is 13.8. The number of allylic oxidation sites excluding steroid dienone is 1. The SMILES string of the molecule is Cn1c(-c2ccccc2)c(C(=O)/C(C#N)=C/c2cccc3ccccc23)c2ccccc21. The van der Waals surface area contributed by atoms with Gasteiger partial charge in [0.1, 0.15) is 11.6 Å². The summed E-state index contributed by atoms with van der Waals surface area (Å²) in [5.41, 5.74) is 4.25. The quantitative estimate of drug-likeness (QED) is 0.185. The van der Waals surface area contributed by atoms with Gasteiger partial charge in [-0.15, -0.1) is 0 Å². The number of aryl methyl sites for hydroxylation is 1. The molecule has 0 fully saturated rings. The third kappa shape index (κ3) is 3.19. The molecule has 0 radical (unpaired) electrons. The lowest BCUT2D eigenvalue weighted by Crippen LogP contribution is -2.05. The molecule has 3 heteroatoms. The molecule has 0 spiro atoms. The first-order valence-electron chi connectivity index (χ1n) is 10.5. The van der Waals surface area contributed by atoms with Crippen LogP contribution in [-0.2, 0) is 7.05 Å². The third-order valence-electron chi connectivity index (χ3n) is 5.87. The van der Waals surface area contributed by atoms with E-state index in [1.807, 2.05) is 109 Å². The molecule has 1 heterocycles. The second kappa shape index (κ2) is 8.02. The predicted octanol–water partition coefficient (Wildman–Crippen LogP) is 6.79. The van der Waals surface area contributed by atoms with E-state index in [4.69, 9.17) is 0 Å². The molecule has 0 aliphatic heterocycles. The largest absolute Gasteiger partial charge is 0.343 e. The number of carbonyl (C=O) groups excluding carboxylic acids is 1. The number of fused-ring (bicyclic) bond motifs is 2. The Hall–Kier alpha value is -4.42. The molecule has 0 amide bonds. The number of rotatable bonds is 4. The van der Waals surface area contributed by atoms with Gasteiger partial charge in [-0.1, -0.05) is 91.0 Å². The molecule has 0 bridgehead atoms. The van der Waals surface area contributed by atoms with Gasteiger partial charge in [0.2, 0.25) is 5.78 Å². The maximum Gasteiger partial charge on any atom is 0.206 e. The molecule has 0 aliphatic carbocycles. The minimum absolute atomic E-state index is 0.120. The van der Waals surface area contributed by atoms with Crippen LogP contribution in [0.1, 0.15) is 15.9 Å². The zero-order chi connectivity index (χ0) is 22.1. The van der Waals surface area contributed by atoms with Crippen molar-refractivity contribution in [2.24, 2.45) is 7.05 Å². The average molecular weight is 412 g/mol. The fraction of sp³-hybridized carbons (Fsp3) is 0.0345. The number of aromatic nitrogens is 1. The molecular formula is C29H20N2O. The van der Waals surface area contributed by atoms with Crippen LogP contribution in [0.4, 0.5) is 0 Å². The number of para-hydroxylation sites is 1. The van der Waals surface area contributed by atoms with Crippen LogP contribution in [-0.4, -0.2) is 10.4 Å². The van der Waals surface area contributed by atoms with E-state index >= 15 is 0 Å². The third-order valence-corrected chi connectivity index (χ3v) is 5.87. The van der Waals surface area contributed by atoms with E-state index in [9.17, 15) is 10.1 Å². The molecule has 3 nitrogen and oxygen atoms in total. The molecule has 0 N–H and O–H groups in total. The van der Waals surface area contributed by atoms with E-state index < -0.39 is 0 Å². The van der Waals surface area contributed by atoms with E-state index in [2.05, 4.69) is 6.07 Å². The van der Waals surface area contributed by atoms with E-state index in [1.54, 1.807) is 6.08 Å². The molecule has 0 saturated heterocycles. The van der Waals surface area contributed by atoms with Crippen LogP contribution < -0.4 is 0 Å². The lowest BCUT2D eigenvalue weighted by atomic mass is 9.95. The Morgan fingerprint density at radius 1 is 0.812 bits per heavy atom. The Balaban J connectivity index is 1.74. The van der Waals surface area contributed by atoms with Crippen LogP contribution >= 0.6 is 0 Å². The van der Waals surface area contributed by atoms with Gasteiger partial charge in [0.15, 0.2) is 0 Å². The highest BCUT2D eigenvalue weighted by molar-refractivity contribution is 6.23. The second-order valence-corrected chi connectivity index (χ2v) is 7.73. The van der Waals surface area contributed by atoms with Gasteiger partial charge in [-0.2, -0.15) is 5.26 Å². The summed E-state index contributed by atoms with van der Waals surface area (Å²) in [5.74, 6) is -0.268. The van der Waals surface area contributed by atoms with Crippen molar-refractivity contribution in [3.8, 4) is 17.3 Å². The minimum atomic E-state index is -0.268. The highest BCUT2D eigenvalue weighted by atomic mass is 16.1. The standard InChI is InChI=1S/C29H20N2O/c1-31-26-17-8-7-16-25(26)27(28(31)21-11-3-2-4-12-21)29(32)23(19-30)18-22-14-9-13-20-10-5-6-15-24(20)22/h2-18H,1H3/b23-18+. The summed E-state index contributed by atoms with van der Waals surface area (Å²) >= 11 is 0. The van der Waals surface area contributed by atoms with Crippen LogP contribution in [0, 0.1) is 11.3 Å². The van der Waals surface area contributed by atoms with Crippen molar-refractivity contribution in [1.29, 1.82) is 5.26 Å². The minimum Gasteiger partial charge on any atom is -0.343 e. The maximum absolute atomic E-state index is 13.8. The van der Waals surface area contributed by atoms with Gasteiger partial charge < -0.3 is 4.57 Å². The van der Waals surface area contributed by atoms with Crippen LogP contribution in [0.5, 0.6) is 0 Å². The van der Waals surface area contributed by atoms with Gasteiger partial charge >= 0.3 is 0 Å². The molecule has 5 rings (SSSR count). The van der Waals surface area contributed by atoms with E-state index in [-0.39, 0.29) is 11.4 Å². The zero-order valence-corrected chi connectivity index (χ0v) is 17.6. The fourth-order valence-corrected chi connectivity index (χ4v) is 4.37. The van der Waals surface area contributed by atoms with Crippen molar-refractivity contribution < 1.29 is 4.79 Å². The summed E-state index contributed by atoms with van der Waals surface area (Å²) in [6.45, 7) is 0. The van der Waals surface area contributed by atoms with E-state index in [0.717, 1.165) is 38.5 Å². The van der Waals surface area contributed by atoms with Crippen molar-refractivity contribution in [3.05, 3.63) is 114 Å². The molecule has 0 saturated carbocycles. The Kier molecular flexibility index (Phi) is 4.89. The van der Waals surface area contributed by atoms with Gasteiger partial charge in [-0.05, 0) is 34.0 Å². The van der Waals surface area contributed by atoms with Crippen molar-refractivity contribution in [1.82, 2.24) is 4.57 Å². The van der Waals surface area contributed by atoms with E-state index in [0.29, 0.717) is 5.56 Å². The van der Waals surface area contributed by atoms with E-state index in [1.165, 1.54) is 0 Å². The average Bonchev–Trinajstić information content (AvgIpc) is 3.15. The zero-order valence-electron chi connectivity index (χ0n) is 17.6. The number of hydrogen-bond donors (Lipinski definition) is 0. The van der Waals surface area contributed by atoms with Crippen LogP contribution in [0.15, 0.2) is 103 Å². The molecule has 152 valence electrons. The Morgan fingerprint density at radius 2 is 1.47 bits per heavy atom. The number of nitrogens with zero attached hydrogens (tertiary/aromatic N) is 2. The Bertz CT molecular complexity index is 1540. The van der Waals surface area contributed by atoms with Crippen molar-refractivity contribution in [3.63, 3.8) is 0 Å². The first-order valence-corrected chi connectivity index (χ1v) is 10.5. The van der Waals surface area contributed by atoms with Gasteiger partial charge in [0, 0.05) is 18.0 Å². The lowest BCUT2D eigenvalue weighted by Gasteiger charge is -2.08. The molecule has 0 atom stereocenters. The number of benzene rings is 4. The predicted molar refractivity (Wildman–Crippen MR) is 130 cm³/mol. The Labute approximate surface area is 186 Å². The highest BCUT2D eigenvalue weighted by Gasteiger charge is 2.24. The molecule has 5 aromatic rings. The van der Waals surface area contributed by atoms with Crippen molar-refractivity contribution >= 4 is 33.5 Å². The number of nitriles is 1. The molecule has 32 heavy (non-hydrogen) atoms. The number of ketones is 1. The number of carbonyl (C=O) groups is 1. The number of Topliss-reactive ketones (excluding diaryl/α,β-unsaturated/α-hetero) is 1. The normalized spacial score (nSPS) is 11.6. The molecule has 1 aromatic heterocycles. The molecule has 0 aliphatic rings. The summed E-state index contributed by atoms with van der Waals surface area (Å²) in [5, 5.41) is 12.9. The first kappa shape index (κ1) is 19.5.